The van der Waals surface area contributed by atoms with Crippen LogP contribution < -0.4 is 23.8 Å². The molecule has 3 aromatic rings. The second-order valence-electron chi connectivity index (χ2n) is 8.39. The van der Waals surface area contributed by atoms with Crippen molar-refractivity contribution in [1.29, 1.82) is 0 Å². The molecule has 0 heterocycles. The van der Waals surface area contributed by atoms with E-state index < -0.39 is 15.9 Å². The minimum atomic E-state index is -3.97. The van der Waals surface area contributed by atoms with Crippen molar-refractivity contribution in [2.45, 2.75) is 31.6 Å². The van der Waals surface area contributed by atoms with Gasteiger partial charge in [0.05, 0.1) is 31.4 Å². The number of rotatable bonds is 13. The van der Waals surface area contributed by atoms with Crippen molar-refractivity contribution in [3.8, 4) is 17.2 Å². The van der Waals surface area contributed by atoms with Gasteiger partial charge in [-0.1, -0.05) is 23.8 Å². The van der Waals surface area contributed by atoms with Crippen molar-refractivity contribution in [2.75, 3.05) is 38.2 Å². The molecule has 0 radical (unpaired) electrons. The molecule has 0 unspecified atom stereocenters. The number of methoxy groups -OCH3 is 2. The Balaban J connectivity index is 1.69. The molecule has 0 bridgehead atoms. The minimum Gasteiger partial charge on any atom is -0.494 e. The first-order chi connectivity index (χ1) is 17.8. The second kappa shape index (κ2) is 13.0. The number of benzene rings is 3. The molecule has 0 saturated heterocycles. The highest BCUT2D eigenvalue weighted by molar-refractivity contribution is 7.92. The first-order valence-electron chi connectivity index (χ1n) is 12.1. The van der Waals surface area contributed by atoms with Gasteiger partial charge < -0.3 is 19.5 Å². The molecule has 0 fully saturated rings. The van der Waals surface area contributed by atoms with Crippen LogP contribution in [0, 0.1) is 6.92 Å². The highest BCUT2D eigenvalue weighted by Gasteiger charge is 2.27. The van der Waals surface area contributed by atoms with Crippen LogP contribution in [-0.4, -0.2) is 48.2 Å². The van der Waals surface area contributed by atoms with Gasteiger partial charge in [0.25, 0.3) is 10.0 Å². The molecule has 8 nitrogen and oxygen atoms in total. The van der Waals surface area contributed by atoms with Crippen LogP contribution in [0.5, 0.6) is 17.2 Å². The number of carbonyl (C=O) groups excluding carboxylic acids is 1. The van der Waals surface area contributed by atoms with Crippen LogP contribution in [-0.2, 0) is 21.2 Å². The summed E-state index contributed by atoms with van der Waals surface area (Å²) in [6, 6.07) is 18.9. The fraction of sp³-hybridized carbons (Fsp3) is 0.321. The molecule has 0 aromatic heterocycles. The maximum atomic E-state index is 13.5. The fourth-order valence-corrected chi connectivity index (χ4v) is 5.19. The van der Waals surface area contributed by atoms with Crippen LogP contribution in [0.15, 0.2) is 71.6 Å². The van der Waals surface area contributed by atoms with Gasteiger partial charge in [-0.3, -0.25) is 9.10 Å². The Bertz CT molecular complexity index is 1280. The van der Waals surface area contributed by atoms with Gasteiger partial charge in [-0.2, -0.15) is 0 Å². The minimum absolute atomic E-state index is 0.119. The number of nitrogens with zero attached hydrogens (tertiary/aromatic N) is 1. The molecule has 3 rings (SSSR count). The average molecular weight is 527 g/mol. The van der Waals surface area contributed by atoms with E-state index in [0.29, 0.717) is 48.9 Å². The van der Waals surface area contributed by atoms with Crippen LogP contribution in [0.3, 0.4) is 0 Å². The molecule has 0 aliphatic heterocycles. The summed E-state index contributed by atoms with van der Waals surface area (Å²) >= 11 is 0. The Kier molecular flexibility index (Phi) is 9.79. The van der Waals surface area contributed by atoms with Crippen molar-refractivity contribution in [3.05, 3.63) is 77.9 Å². The Morgan fingerprint density at radius 2 is 1.59 bits per heavy atom. The van der Waals surface area contributed by atoms with Gasteiger partial charge in [0.15, 0.2) is 11.5 Å². The van der Waals surface area contributed by atoms with E-state index in [0.717, 1.165) is 15.4 Å². The van der Waals surface area contributed by atoms with E-state index in [2.05, 4.69) is 5.32 Å². The lowest BCUT2D eigenvalue weighted by molar-refractivity contribution is -0.119. The molecule has 0 aliphatic rings. The summed E-state index contributed by atoms with van der Waals surface area (Å²) in [7, 11) is -0.801. The molecular formula is C28H34N2O6S. The van der Waals surface area contributed by atoms with Gasteiger partial charge in [0, 0.05) is 6.54 Å². The van der Waals surface area contributed by atoms with Crippen LogP contribution in [0.2, 0.25) is 0 Å². The number of anilines is 1. The standard InChI is InChI=1S/C28H34N2O6S/c1-5-36-24-13-11-23(12-14-24)30(37(32,33)25-15-8-21(2)9-16-25)20-28(31)29-18-6-7-22-10-17-26(34-3)27(19-22)35-4/h8-17,19H,5-7,18,20H2,1-4H3,(H,29,31). The Hall–Kier alpha value is -3.72. The maximum Gasteiger partial charge on any atom is 0.264 e. The molecule has 198 valence electrons. The molecule has 0 atom stereocenters. The molecule has 3 aromatic carbocycles. The van der Waals surface area contributed by atoms with E-state index >= 15 is 0 Å². The quantitative estimate of drug-likeness (QED) is 0.333. The van der Waals surface area contributed by atoms with Crippen LogP contribution in [0.1, 0.15) is 24.5 Å². The number of aryl methyl sites for hydroxylation is 2. The lowest BCUT2D eigenvalue weighted by atomic mass is 10.1. The molecule has 9 heteroatoms. The van der Waals surface area contributed by atoms with Crippen LogP contribution in [0.25, 0.3) is 0 Å². The third-order valence-corrected chi connectivity index (χ3v) is 7.53. The molecule has 1 N–H and O–H groups in total. The monoisotopic (exact) mass is 526 g/mol. The van der Waals surface area contributed by atoms with Gasteiger partial charge in [-0.25, -0.2) is 8.42 Å². The zero-order chi connectivity index (χ0) is 26.8. The summed E-state index contributed by atoms with van der Waals surface area (Å²) < 4.78 is 44.2. The maximum absolute atomic E-state index is 13.5. The summed E-state index contributed by atoms with van der Waals surface area (Å²) in [6.07, 6.45) is 1.39. The third-order valence-electron chi connectivity index (χ3n) is 5.74. The number of hydrogen-bond donors (Lipinski definition) is 1. The van der Waals surface area contributed by atoms with Gasteiger partial charge in [-0.05, 0) is 80.8 Å². The number of sulfonamides is 1. The van der Waals surface area contributed by atoms with Crippen molar-refractivity contribution in [2.24, 2.45) is 0 Å². The average Bonchev–Trinajstić information content (AvgIpc) is 2.90. The Morgan fingerprint density at radius 3 is 2.22 bits per heavy atom. The molecule has 0 spiro atoms. The number of ether oxygens (including phenoxy) is 3. The number of amides is 1. The van der Waals surface area contributed by atoms with E-state index in [1.54, 1.807) is 62.8 Å². The third kappa shape index (κ3) is 7.39. The highest BCUT2D eigenvalue weighted by Crippen LogP contribution is 2.28. The lowest BCUT2D eigenvalue weighted by Crippen LogP contribution is -2.41. The summed E-state index contributed by atoms with van der Waals surface area (Å²) in [5, 5.41) is 2.84. The van der Waals surface area contributed by atoms with Gasteiger partial charge in [0.1, 0.15) is 12.3 Å². The first-order valence-corrected chi connectivity index (χ1v) is 13.5. The zero-order valence-corrected chi connectivity index (χ0v) is 22.5. The molecular weight excluding hydrogens is 492 g/mol. The molecule has 37 heavy (non-hydrogen) atoms. The Labute approximate surface area is 219 Å². The predicted molar refractivity (Wildman–Crippen MR) is 144 cm³/mol. The second-order valence-corrected chi connectivity index (χ2v) is 10.3. The van der Waals surface area contributed by atoms with E-state index in [4.69, 9.17) is 14.2 Å². The van der Waals surface area contributed by atoms with E-state index in [1.165, 1.54) is 0 Å². The number of hydrogen-bond acceptors (Lipinski definition) is 6. The molecule has 0 saturated carbocycles. The van der Waals surface area contributed by atoms with Gasteiger partial charge in [-0.15, -0.1) is 0 Å². The lowest BCUT2D eigenvalue weighted by Gasteiger charge is -2.24. The van der Waals surface area contributed by atoms with E-state index in [9.17, 15) is 13.2 Å². The normalized spacial score (nSPS) is 11.0. The fourth-order valence-electron chi connectivity index (χ4n) is 3.77. The van der Waals surface area contributed by atoms with Crippen molar-refractivity contribution in [3.63, 3.8) is 0 Å². The number of nitrogens with one attached hydrogen (secondary N) is 1. The zero-order valence-electron chi connectivity index (χ0n) is 21.7. The van der Waals surface area contributed by atoms with Gasteiger partial charge in [0.2, 0.25) is 5.91 Å². The highest BCUT2D eigenvalue weighted by atomic mass is 32.2. The smallest absolute Gasteiger partial charge is 0.264 e. The summed E-state index contributed by atoms with van der Waals surface area (Å²) in [5.41, 5.74) is 2.37. The number of carbonyl (C=O) groups is 1. The van der Waals surface area contributed by atoms with E-state index in [-0.39, 0.29) is 11.4 Å². The Morgan fingerprint density at radius 1 is 0.919 bits per heavy atom. The SMILES string of the molecule is CCOc1ccc(N(CC(=O)NCCCc2ccc(OC)c(OC)c2)S(=O)(=O)c2ccc(C)cc2)cc1. The van der Waals surface area contributed by atoms with Crippen LogP contribution >= 0.6 is 0 Å². The summed E-state index contributed by atoms with van der Waals surface area (Å²) in [6.45, 7) is 4.31. The van der Waals surface area contributed by atoms with Gasteiger partial charge >= 0.3 is 0 Å². The topological polar surface area (TPSA) is 94.2 Å². The van der Waals surface area contributed by atoms with Crippen molar-refractivity contribution >= 4 is 21.6 Å². The first kappa shape index (κ1) is 27.9. The van der Waals surface area contributed by atoms with Crippen molar-refractivity contribution < 1.29 is 27.4 Å². The largest absolute Gasteiger partial charge is 0.494 e. The molecule has 1 amide bonds. The molecule has 0 aliphatic carbocycles. The predicted octanol–water partition coefficient (Wildman–Crippen LogP) is 4.36. The van der Waals surface area contributed by atoms with E-state index in [1.807, 2.05) is 32.0 Å². The van der Waals surface area contributed by atoms with Crippen molar-refractivity contribution in [1.82, 2.24) is 5.32 Å². The summed E-state index contributed by atoms with van der Waals surface area (Å²) in [5.74, 6) is 1.54. The van der Waals surface area contributed by atoms with Crippen LogP contribution in [0.4, 0.5) is 5.69 Å². The summed E-state index contributed by atoms with van der Waals surface area (Å²) in [4.78, 5) is 13.0.